The number of hydrogen-bond acceptors (Lipinski definition) is 8. The van der Waals surface area contributed by atoms with Crippen LogP contribution in [-0.4, -0.2) is 86.9 Å². The lowest BCUT2D eigenvalue weighted by Gasteiger charge is -2.37. The Morgan fingerprint density at radius 2 is 1.65 bits per heavy atom. The van der Waals surface area contributed by atoms with Crippen LogP contribution in [0.1, 0.15) is 109 Å². The molecule has 1 aromatic heterocycles. The highest BCUT2D eigenvalue weighted by molar-refractivity contribution is 6.38. The molecule has 4 N–H and O–H groups in total. The number of Topliss-reactive ketones (excluding diaryl/α,β-unsaturated/α-hetero) is 1. The van der Waals surface area contributed by atoms with Gasteiger partial charge in [-0.15, -0.1) is 0 Å². The summed E-state index contributed by atoms with van der Waals surface area (Å²) in [5, 5.41) is 11.4. The minimum Gasteiger partial charge on any atom is -0.347 e. The van der Waals surface area contributed by atoms with Gasteiger partial charge in [0.25, 0.3) is 11.8 Å². The summed E-state index contributed by atoms with van der Waals surface area (Å²) in [4.78, 5) is 91.0. The van der Waals surface area contributed by atoms with Crippen molar-refractivity contribution in [2.45, 2.75) is 129 Å². The summed E-state index contributed by atoms with van der Waals surface area (Å²) in [6.07, 6.45) is 12.8. The summed E-state index contributed by atoms with van der Waals surface area (Å²) >= 11 is 0. The number of amides is 5. The molecule has 3 saturated carbocycles. The van der Waals surface area contributed by atoms with E-state index >= 15 is 0 Å². The summed E-state index contributed by atoms with van der Waals surface area (Å²) < 4.78 is 0. The molecule has 0 bridgehead atoms. The summed E-state index contributed by atoms with van der Waals surface area (Å²) in [7, 11) is 0. The van der Waals surface area contributed by atoms with E-state index < -0.39 is 59.0 Å². The van der Waals surface area contributed by atoms with Crippen molar-refractivity contribution < 1.29 is 28.8 Å². The predicted molar refractivity (Wildman–Crippen MR) is 176 cm³/mol. The molecular formula is C35H51N7O6. The molecule has 4 fully saturated rings. The monoisotopic (exact) mass is 665 g/mol. The summed E-state index contributed by atoms with van der Waals surface area (Å²) in [6, 6.07) is -3.66. The molecule has 13 nitrogen and oxygen atoms in total. The average Bonchev–Trinajstić information content (AvgIpc) is 3.40. The van der Waals surface area contributed by atoms with Gasteiger partial charge in [0.1, 0.15) is 23.8 Å². The summed E-state index contributed by atoms with van der Waals surface area (Å²) in [6.45, 7) is 7.83. The third-order valence-electron chi connectivity index (χ3n) is 10.4. The zero-order valence-electron chi connectivity index (χ0n) is 28.6. The number of carbonyl (C=O) groups excluding carboxylic acids is 6. The minimum atomic E-state index is -0.992. The molecule has 0 aromatic carbocycles. The van der Waals surface area contributed by atoms with Gasteiger partial charge in [0.15, 0.2) is 0 Å². The third kappa shape index (κ3) is 8.20. The topological polar surface area (TPSA) is 180 Å². The normalized spacial score (nSPS) is 24.2. The molecule has 3 aliphatic carbocycles. The predicted octanol–water partition coefficient (Wildman–Crippen LogP) is 2.06. The number of nitrogens with zero attached hydrogens (tertiary/aromatic N) is 3. The van der Waals surface area contributed by atoms with E-state index in [1.54, 1.807) is 4.90 Å². The second-order valence-electron chi connectivity index (χ2n) is 15.1. The maximum Gasteiger partial charge on any atom is 0.289 e. The van der Waals surface area contributed by atoms with Crippen LogP contribution in [0.15, 0.2) is 18.6 Å². The zero-order valence-corrected chi connectivity index (χ0v) is 28.6. The van der Waals surface area contributed by atoms with Gasteiger partial charge in [-0.05, 0) is 68.1 Å². The molecule has 5 amide bonds. The first kappa shape index (κ1) is 35.4. The smallest absolute Gasteiger partial charge is 0.289 e. The fourth-order valence-electron chi connectivity index (χ4n) is 7.69. The standard InChI is InChI=1S/C35H51N7O6/c1-5-9-24(28(43)33(47)38-22-14-15-22)39-32(46)27-23-13-8-12-21(23)19-42(27)34(48)29(35(2,3)4)41-31(45)26(20-10-6-7-11-20)40-30(44)25-18-36-16-17-37-25/h16-18,20-24,26-27,29H,5-15,19H2,1-4H3,(H,38,47)(H,39,46)(H,40,44)(H,41,45)/t21?,23?,24?,26-,27-,29+/m0/s1. The van der Waals surface area contributed by atoms with Gasteiger partial charge in [0.05, 0.1) is 12.2 Å². The Kier molecular flexibility index (Phi) is 11.1. The number of nitrogens with one attached hydrogen (secondary N) is 4. The molecular weight excluding hydrogens is 614 g/mol. The molecule has 5 rings (SSSR count). The highest BCUT2D eigenvalue weighted by Crippen LogP contribution is 2.43. The van der Waals surface area contributed by atoms with E-state index in [1.165, 1.54) is 18.6 Å². The molecule has 4 aliphatic rings. The van der Waals surface area contributed by atoms with Gasteiger partial charge in [-0.1, -0.05) is 53.4 Å². The molecule has 6 atom stereocenters. The number of aromatic nitrogens is 2. The summed E-state index contributed by atoms with van der Waals surface area (Å²) in [5.41, 5.74) is -0.638. The Balaban J connectivity index is 1.35. The van der Waals surface area contributed by atoms with E-state index in [0.29, 0.717) is 19.4 Å². The van der Waals surface area contributed by atoms with Gasteiger partial charge in [-0.25, -0.2) is 4.98 Å². The van der Waals surface area contributed by atoms with E-state index in [9.17, 15) is 28.8 Å². The number of fused-ring (bicyclic) bond motifs is 1. The number of ketones is 1. The lowest BCUT2D eigenvalue weighted by atomic mass is 9.84. The van der Waals surface area contributed by atoms with Crippen LogP contribution in [0.2, 0.25) is 0 Å². The van der Waals surface area contributed by atoms with Crippen molar-refractivity contribution in [1.29, 1.82) is 0 Å². The second-order valence-corrected chi connectivity index (χ2v) is 15.1. The van der Waals surface area contributed by atoms with Gasteiger partial charge in [-0.2, -0.15) is 0 Å². The fraction of sp³-hybridized carbons (Fsp3) is 0.714. The first-order chi connectivity index (χ1) is 22.9. The molecule has 1 aliphatic heterocycles. The zero-order chi connectivity index (χ0) is 34.6. The van der Waals surface area contributed by atoms with Gasteiger partial charge in [0, 0.05) is 25.0 Å². The van der Waals surface area contributed by atoms with Crippen molar-refractivity contribution in [1.82, 2.24) is 36.1 Å². The molecule has 2 heterocycles. The van der Waals surface area contributed by atoms with Crippen LogP contribution in [0.4, 0.5) is 0 Å². The van der Waals surface area contributed by atoms with E-state index in [1.807, 2.05) is 27.7 Å². The van der Waals surface area contributed by atoms with Crippen molar-refractivity contribution in [3.05, 3.63) is 24.3 Å². The quantitative estimate of drug-likeness (QED) is 0.231. The Morgan fingerprint density at radius 1 is 0.917 bits per heavy atom. The molecule has 48 heavy (non-hydrogen) atoms. The number of hydrogen-bond donors (Lipinski definition) is 4. The Labute approximate surface area is 282 Å². The first-order valence-corrected chi connectivity index (χ1v) is 17.7. The number of rotatable bonds is 13. The van der Waals surface area contributed by atoms with E-state index in [0.717, 1.165) is 57.8 Å². The Morgan fingerprint density at radius 3 is 2.27 bits per heavy atom. The average molecular weight is 666 g/mol. The maximum absolute atomic E-state index is 14.5. The fourth-order valence-corrected chi connectivity index (χ4v) is 7.69. The highest BCUT2D eigenvalue weighted by Gasteiger charge is 2.52. The minimum absolute atomic E-state index is 0.0137. The van der Waals surface area contributed by atoms with E-state index in [2.05, 4.69) is 31.2 Å². The van der Waals surface area contributed by atoms with Crippen molar-refractivity contribution >= 4 is 35.3 Å². The van der Waals surface area contributed by atoms with Crippen LogP contribution in [0.5, 0.6) is 0 Å². The molecule has 13 heteroatoms. The summed E-state index contributed by atoms with van der Waals surface area (Å²) in [5.74, 6) is -3.20. The van der Waals surface area contributed by atoms with Crippen molar-refractivity contribution in [2.24, 2.45) is 23.2 Å². The molecule has 1 saturated heterocycles. The van der Waals surface area contributed by atoms with Crippen molar-refractivity contribution in [3.8, 4) is 0 Å². The molecule has 262 valence electrons. The third-order valence-corrected chi connectivity index (χ3v) is 10.4. The lowest BCUT2D eigenvalue weighted by Crippen LogP contribution is -2.62. The highest BCUT2D eigenvalue weighted by atomic mass is 16.2. The Bertz CT molecular complexity index is 1370. The van der Waals surface area contributed by atoms with Crippen molar-refractivity contribution in [2.75, 3.05) is 6.54 Å². The van der Waals surface area contributed by atoms with E-state index in [-0.39, 0.29) is 35.4 Å². The van der Waals surface area contributed by atoms with E-state index in [4.69, 9.17) is 0 Å². The number of likely N-dealkylation sites (tertiary alicyclic amines) is 1. The van der Waals surface area contributed by atoms with Gasteiger partial charge < -0.3 is 26.2 Å². The SMILES string of the molecule is CCCC(NC(=O)[C@@H]1C2CCCC2CN1C(=O)[C@@H](NC(=O)[C@@H](NC(=O)c1cnccn1)C1CCCC1)C(C)(C)C)C(=O)C(=O)NC1CC1. The van der Waals surface area contributed by atoms with Crippen LogP contribution in [0, 0.1) is 23.2 Å². The molecule has 3 unspecified atom stereocenters. The van der Waals surface area contributed by atoms with Gasteiger partial charge in [-0.3, -0.25) is 33.8 Å². The number of carbonyl (C=O) groups is 6. The van der Waals surface area contributed by atoms with Crippen LogP contribution in [0.3, 0.4) is 0 Å². The van der Waals surface area contributed by atoms with Gasteiger partial charge >= 0.3 is 0 Å². The van der Waals surface area contributed by atoms with Crippen molar-refractivity contribution in [3.63, 3.8) is 0 Å². The lowest BCUT2D eigenvalue weighted by molar-refractivity contribution is -0.146. The Hall–Kier alpha value is -3.90. The molecule has 0 radical (unpaired) electrons. The van der Waals surface area contributed by atoms with Crippen LogP contribution in [0.25, 0.3) is 0 Å². The van der Waals surface area contributed by atoms with Crippen LogP contribution < -0.4 is 21.3 Å². The van der Waals surface area contributed by atoms with Crippen LogP contribution in [-0.2, 0) is 24.0 Å². The maximum atomic E-state index is 14.5. The molecule has 0 spiro atoms. The van der Waals surface area contributed by atoms with Gasteiger partial charge in [0.2, 0.25) is 23.5 Å². The first-order valence-electron chi connectivity index (χ1n) is 17.7. The molecule has 1 aromatic rings. The largest absolute Gasteiger partial charge is 0.347 e. The van der Waals surface area contributed by atoms with Crippen LogP contribution >= 0.6 is 0 Å². The second kappa shape index (κ2) is 15.1.